The molecule has 0 amide bonds. The molecule has 0 aliphatic heterocycles. The maximum atomic E-state index is 3.63. The monoisotopic (exact) mass is 288 g/mol. The molecule has 0 heterocycles. The second-order valence-corrected chi connectivity index (χ2v) is 6.59. The van der Waals surface area contributed by atoms with Crippen molar-refractivity contribution in [3.63, 3.8) is 0 Å². The maximum Gasteiger partial charge on any atom is 0.0236 e. The van der Waals surface area contributed by atoms with E-state index in [1.54, 1.807) is 0 Å². The molecule has 1 N–H and O–H groups in total. The molecule has 1 aromatic carbocycles. The highest BCUT2D eigenvalue weighted by atomic mass is 15.1. The third-order valence-corrected chi connectivity index (χ3v) is 4.63. The normalized spacial score (nSPS) is 16.4. The van der Waals surface area contributed by atoms with Gasteiger partial charge in [0.05, 0.1) is 0 Å². The van der Waals surface area contributed by atoms with E-state index in [2.05, 4.69) is 55.3 Å². The first-order chi connectivity index (χ1) is 10.2. The Labute approximate surface area is 130 Å². The lowest BCUT2D eigenvalue weighted by molar-refractivity contribution is 0.237. The molecular weight excluding hydrogens is 256 g/mol. The predicted octanol–water partition coefficient (Wildman–Crippen LogP) is 3.85. The molecule has 0 bridgehead atoms. The van der Waals surface area contributed by atoms with E-state index < -0.39 is 0 Å². The molecule has 0 saturated heterocycles. The van der Waals surface area contributed by atoms with Crippen molar-refractivity contribution >= 4 is 0 Å². The van der Waals surface area contributed by atoms with Crippen molar-refractivity contribution in [2.75, 3.05) is 19.6 Å². The van der Waals surface area contributed by atoms with Crippen LogP contribution in [0.4, 0.5) is 0 Å². The molecule has 0 aromatic heterocycles. The first kappa shape index (κ1) is 16.5. The summed E-state index contributed by atoms with van der Waals surface area (Å²) in [6, 6.07) is 9.80. The van der Waals surface area contributed by atoms with E-state index in [-0.39, 0.29) is 0 Å². The van der Waals surface area contributed by atoms with Crippen molar-refractivity contribution < 1.29 is 0 Å². The third kappa shape index (κ3) is 5.80. The summed E-state index contributed by atoms with van der Waals surface area (Å²) in [6.07, 6.45) is 5.18. The number of hydrogen-bond acceptors (Lipinski definition) is 2. The molecule has 1 fully saturated rings. The zero-order chi connectivity index (χ0) is 15.1. The van der Waals surface area contributed by atoms with Crippen LogP contribution in [0.15, 0.2) is 24.3 Å². The largest absolute Gasteiger partial charge is 0.314 e. The van der Waals surface area contributed by atoms with Gasteiger partial charge in [0.1, 0.15) is 0 Å². The Hall–Kier alpha value is -0.860. The minimum atomic E-state index is 0.786. The first-order valence-electron chi connectivity index (χ1n) is 8.75. The summed E-state index contributed by atoms with van der Waals surface area (Å²) in [5.41, 5.74) is 3.04. The Bertz CT molecular complexity index is 412. The summed E-state index contributed by atoms with van der Waals surface area (Å²) in [4.78, 5) is 2.58. The molecule has 2 rings (SSSR count). The lowest BCUT2D eigenvalue weighted by atomic mass is 10.0. The van der Waals surface area contributed by atoms with E-state index >= 15 is 0 Å². The SMILES string of the molecule is CCC(C)CN(CC)Cc1ccccc1CCNC1CC1. The van der Waals surface area contributed by atoms with Crippen LogP contribution < -0.4 is 5.32 Å². The number of hydrogen-bond donors (Lipinski definition) is 1. The van der Waals surface area contributed by atoms with Gasteiger partial charge < -0.3 is 5.32 Å². The molecule has 1 atom stereocenters. The molecule has 1 unspecified atom stereocenters. The van der Waals surface area contributed by atoms with Gasteiger partial charge in [-0.1, -0.05) is 51.5 Å². The smallest absolute Gasteiger partial charge is 0.0236 e. The lowest BCUT2D eigenvalue weighted by Crippen LogP contribution is -2.28. The quantitative estimate of drug-likeness (QED) is 0.703. The van der Waals surface area contributed by atoms with E-state index in [4.69, 9.17) is 0 Å². The van der Waals surface area contributed by atoms with E-state index in [0.717, 1.165) is 38.0 Å². The van der Waals surface area contributed by atoms with Gasteiger partial charge in [-0.2, -0.15) is 0 Å². The number of benzene rings is 1. The van der Waals surface area contributed by atoms with Gasteiger partial charge in [0.25, 0.3) is 0 Å². The molecule has 118 valence electrons. The second kappa shape index (κ2) is 8.55. The van der Waals surface area contributed by atoms with Gasteiger partial charge in [-0.15, -0.1) is 0 Å². The molecule has 2 heteroatoms. The van der Waals surface area contributed by atoms with Gasteiger partial charge in [0.2, 0.25) is 0 Å². The van der Waals surface area contributed by atoms with Crippen LogP contribution >= 0.6 is 0 Å². The van der Waals surface area contributed by atoms with Crippen molar-refractivity contribution in [3.05, 3.63) is 35.4 Å². The van der Waals surface area contributed by atoms with Crippen molar-refractivity contribution in [1.82, 2.24) is 10.2 Å². The van der Waals surface area contributed by atoms with E-state index in [0.29, 0.717) is 0 Å². The highest BCUT2D eigenvalue weighted by Crippen LogP contribution is 2.19. The van der Waals surface area contributed by atoms with Gasteiger partial charge in [0.15, 0.2) is 0 Å². The van der Waals surface area contributed by atoms with E-state index in [1.807, 2.05) is 0 Å². The topological polar surface area (TPSA) is 15.3 Å². The molecule has 21 heavy (non-hydrogen) atoms. The summed E-state index contributed by atoms with van der Waals surface area (Å²) in [7, 11) is 0. The predicted molar refractivity (Wildman–Crippen MR) is 91.6 cm³/mol. The van der Waals surface area contributed by atoms with Crippen LogP contribution in [0.5, 0.6) is 0 Å². The number of rotatable bonds is 10. The highest BCUT2D eigenvalue weighted by Gasteiger charge is 2.19. The van der Waals surface area contributed by atoms with Gasteiger partial charge >= 0.3 is 0 Å². The van der Waals surface area contributed by atoms with Gasteiger partial charge in [0, 0.05) is 19.1 Å². The van der Waals surface area contributed by atoms with Crippen molar-refractivity contribution in [2.45, 2.75) is 59.0 Å². The third-order valence-electron chi connectivity index (χ3n) is 4.63. The van der Waals surface area contributed by atoms with Crippen LogP contribution in [0.3, 0.4) is 0 Å². The van der Waals surface area contributed by atoms with Gasteiger partial charge in [-0.05, 0) is 49.4 Å². The van der Waals surface area contributed by atoms with Crippen LogP contribution in [0.1, 0.15) is 51.2 Å². The average Bonchev–Trinajstić information content (AvgIpc) is 3.32. The molecule has 1 aliphatic rings. The van der Waals surface area contributed by atoms with Crippen LogP contribution in [0.2, 0.25) is 0 Å². The summed E-state index contributed by atoms with van der Waals surface area (Å²) in [5, 5.41) is 3.63. The molecule has 1 aromatic rings. The summed E-state index contributed by atoms with van der Waals surface area (Å²) in [6.45, 7) is 11.5. The molecule has 1 aliphatic carbocycles. The first-order valence-corrected chi connectivity index (χ1v) is 8.75. The van der Waals surface area contributed by atoms with Crippen molar-refractivity contribution in [3.8, 4) is 0 Å². The Morgan fingerprint density at radius 2 is 1.90 bits per heavy atom. The fourth-order valence-electron chi connectivity index (χ4n) is 2.77. The van der Waals surface area contributed by atoms with Crippen LogP contribution in [-0.4, -0.2) is 30.6 Å². The summed E-state index contributed by atoms with van der Waals surface area (Å²) in [5.74, 6) is 0.786. The fraction of sp³-hybridized carbons (Fsp3) is 0.684. The minimum Gasteiger partial charge on any atom is -0.314 e. The number of nitrogens with one attached hydrogen (secondary N) is 1. The standard InChI is InChI=1S/C19H32N2/c1-4-16(3)14-21(5-2)15-18-9-7-6-8-17(18)12-13-20-19-10-11-19/h6-9,16,19-20H,4-5,10-15H2,1-3H3. The number of nitrogens with zero attached hydrogens (tertiary/aromatic N) is 1. The minimum absolute atomic E-state index is 0.786. The maximum absolute atomic E-state index is 3.63. The molecule has 0 radical (unpaired) electrons. The zero-order valence-electron chi connectivity index (χ0n) is 14.1. The Balaban J connectivity index is 1.90. The van der Waals surface area contributed by atoms with Crippen LogP contribution in [0, 0.1) is 5.92 Å². The fourth-order valence-corrected chi connectivity index (χ4v) is 2.77. The highest BCUT2D eigenvalue weighted by molar-refractivity contribution is 5.27. The Morgan fingerprint density at radius 3 is 2.52 bits per heavy atom. The van der Waals surface area contributed by atoms with Crippen LogP contribution in [0.25, 0.3) is 0 Å². The average molecular weight is 288 g/mol. The molecule has 0 spiro atoms. The molecular formula is C19H32N2. The molecule has 1 saturated carbocycles. The summed E-state index contributed by atoms with van der Waals surface area (Å²) >= 11 is 0. The van der Waals surface area contributed by atoms with Crippen molar-refractivity contribution in [1.29, 1.82) is 0 Å². The van der Waals surface area contributed by atoms with Crippen LogP contribution in [-0.2, 0) is 13.0 Å². The molecule has 2 nitrogen and oxygen atoms in total. The van der Waals surface area contributed by atoms with Crippen molar-refractivity contribution in [2.24, 2.45) is 5.92 Å². The van der Waals surface area contributed by atoms with Gasteiger partial charge in [-0.3, -0.25) is 4.90 Å². The lowest BCUT2D eigenvalue weighted by Gasteiger charge is -2.25. The van der Waals surface area contributed by atoms with E-state index in [1.165, 1.54) is 36.9 Å². The van der Waals surface area contributed by atoms with Gasteiger partial charge in [-0.25, -0.2) is 0 Å². The zero-order valence-corrected chi connectivity index (χ0v) is 14.1. The Morgan fingerprint density at radius 1 is 1.19 bits per heavy atom. The summed E-state index contributed by atoms with van der Waals surface area (Å²) < 4.78 is 0. The van der Waals surface area contributed by atoms with E-state index in [9.17, 15) is 0 Å². The second-order valence-electron chi connectivity index (χ2n) is 6.59. The Kier molecular flexibility index (Phi) is 6.72.